The number of carbonyl (C=O) groups excluding carboxylic acids is 1. The van der Waals surface area contributed by atoms with E-state index in [1.54, 1.807) is 6.20 Å². The van der Waals surface area contributed by atoms with Gasteiger partial charge in [-0.15, -0.1) is 0 Å². The molecule has 0 spiro atoms. The average molecular weight is 275 g/mol. The summed E-state index contributed by atoms with van der Waals surface area (Å²) in [7, 11) is 0. The monoisotopic (exact) mass is 275 g/mol. The summed E-state index contributed by atoms with van der Waals surface area (Å²) in [6.07, 6.45) is 6.28. The SMILES string of the molecule is CCCN(C(=O)CCc1ccccn1)C1CCNCC1. The van der Waals surface area contributed by atoms with E-state index in [2.05, 4.69) is 22.1 Å². The molecule has 1 fully saturated rings. The molecule has 1 amide bonds. The van der Waals surface area contributed by atoms with E-state index in [-0.39, 0.29) is 5.91 Å². The van der Waals surface area contributed by atoms with Crippen molar-refractivity contribution in [1.82, 2.24) is 15.2 Å². The van der Waals surface area contributed by atoms with E-state index in [4.69, 9.17) is 0 Å². The lowest BCUT2D eigenvalue weighted by Crippen LogP contribution is -2.46. The van der Waals surface area contributed by atoms with Crippen LogP contribution in [0.25, 0.3) is 0 Å². The largest absolute Gasteiger partial charge is 0.340 e. The topological polar surface area (TPSA) is 45.2 Å². The summed E-state index contributed by atoms with van der Waals surface area (Å²) in [6.45, 7) is 5.07. The van der Waals surface area contributed by atoms with E-state index in [0.717, 1.165) is 51.0 Å². The molecule has 1 aliphatic rings. The van der Waals surface area contributed by atoms with Gasteiger partial charge in [-0.25, -0.2) is 0 Å². The minimum atomic E-state index is 0.282. The highest BCUT2D eigenvalue weighted by molar-refractivity contribution is 5.76. The van der Waals surface area contributed by atoms with Crippen molar-refractivity contribution in [3.05, 3.63) is 30.1 Å². The number of nitrogens with zero attached hydrogens (tertiary/aromatic N) is 2. The summed E-state index contributed by atoms with van der Waals surface area (Å²) in [6, 6.07) is 6.29. The zero-order chi connectivity index (χ0) is 14.2. The Morgan fingerprint density at radius 1 is 1.40 bits per heavy atom. The van der Waals surface area contributed by atoms with Crippen LogP contribution < -0.4 is 5.32 Å². The van der Waals surface area contributed by atoms with Gasteiger partial charge in [-0.3, -0.25) is 9.78 Å². The number of aryl methyl sites for hydroxylation is 1. The van der Waals surface area contributed by atoms with E-state index in [0.29, 0.717) is 12.5 Å². The van der Waals surface area contributed by atoms with Crippen molar-refractivity contribution in [2.24, 2.45) is 0 Å². The van der Waals surface area contributed by atoms with Gasteiger partial charge < -0.3 is 10.2 Å². The molecule has 1 aromatic rings. The van der Waals surface area contributed by atoms with Crippen LogP contribution in [0.2, 0.25) is 0 Å². The molecule has 110 valence electrons. The highest BCUT2D eigenvalue weighted by atomic mass is 16.2. The van der Waals surface area contributed by atoms with Crippen LogP contribution in [0, 0.1) is 0 Å². The second-order valence-electron chi connectivity index (χ2n) is 5.39. The van der Waals surface area contributed by atoms with Crippen LogP contribution in [0.3, 0.4) is 0 Å². The summed E-state index contributed by atoms with van der Waals surface area (Å²) in [5.74, 6) is 0.282. The van der Waals surface area contributed by atoms with E-state index in [1.807, 2.05) is 18.2 Å². The molecule has 0 bridgehead atoms. The second kappa shape index (κ2) is 8.00. The first-order valence-electron chi connectivity index (χ1n) is 7.71. The van der Waals surface area contributed by atoms with Crippen molar-refractivity contribution in [2.75, 3.05) is 19.6 Å². The Morgan fingerprint density at radius 2 is 2.20 bits per heavy atom. The lowest BCUT2D eigenvalue weighted by atomic mass is 10.0. The van der Waals surface area contributed by atoms with Crippen LogP contribution in [-0.4, -0.2) is 41.5 Å². The first kappa shape index (κ1) is 15.0. The summed E-state index contributed by atoms with van der Waals surface area (Å²) in [4.78, 5) is 18.9. The third-order valence-corrected chi connectivity index (χ3v) is 3.86. The zero-order valence-corrected chi connectivity index (χ0v) is 12.3. The van der Waals surface area contributed by atoms with Crippen LogP contribution >= 0.6 is 0 Å². The Balaban J connectivity index is 1.89. The van der Waals surface area contributed by atoms with Crippen molar-refractivity contribution < 1.29 is 4.79 Å². The Morgan fingerprint density at radius 3 is 2.85 bits per heavy atom. The summed E-state index contributed by atoms with van der Waals surface area (Å²) in [5.41, 5.74) is 1.00. The molecular weight excluding hydrogens is 250 g/mol. The standard InChI is InChI=1S/C16H25N3O/c1-2-13-19(15-8-11-17-12-9-15)16(20)7-6-14-5-3-4-10-18-14/h3-5,10,15,17H,2,6-9,11-13H2,1H3. The molecule has 4 heteroatoms. The van der Waals surface area contributed by atoms with Gasteiger partial charge in [-0.1, -0.05) is 13.0 Å². The number of rotatable bonds is 6. The van der Waals surface area contributed by atoms with E-state index in [1.165, 1.54) is 0 Å². The molecule has 2 rings (SSSR count). The van der Waals surface area contributed by atoms with Gasteiger partial charge in [0.25, 0.3) is 0 Å². The first-order chi connectivity index (χ1) is 9.81. The Bertz CT molecular complexity index is 401. The molecule has 1 saturated heterocycles. The highest BCUT2D eigenvalue weighted by Crippen LogP contribution is 2.14. The lowest BCUT2D eigenvalue weighted by Gasteiger charge is -2.34. The first-order valence-corrected chi connectivity index (χ1v) is 7.71. The fourth-order valence-electron chi connectivity index (χ4n) is 2.79. The Hall–Kier alpha value is -1.42. The smallest absolute Gasteiger partial charge is 0.223 e. The fraction of sp³-hybridized carbons (Fsp3) is 0.625. The molecule has 2 heterocycles. The van der Waals surface area contributed by atoms with Crippen molar-refractivity contribution in [1.29, 1.82) is 0 Å². The van der Waals surface area contributed by atoms with Crippen LogP contribution in [0.15, 0.2) is 24.4 Å². The fourth-order valence-corrected chi connectivity index (χ4v) is 2.79. The number of carbonyl (C=O) groups is 1. The number of hydrogen-bond acceptors (Lipinski definition) is 3. The van der Waals surface area contributed by atoms with Crippen molar-refractivity contribution >= 4 is 5.91 Å². The molecule has 0 atom stereocenters. The van der Waals surface area contributed by atoms with Crippen LogP contribution in [-0.2, 0) is 11.2 Å². The van der Waals surface area contributed by atoms with E-state index < -0.39 is 0 Å². The maximum atomic E-state index is 12.5. The van der Waals surface area contributed by atoms with Gasteiger partial charge in [0.2, 0.25) is 5.91 Å². The molecule has 0 radical (unpaired) electrons. The molecule has 0 aliphatic carbocycles. The van der Waals surface area contributed by atoms with Gasteiger partial charge >= 0.3 is 0 Å². The lowest BCUT2D eigenvalue weighted by molar-refractivity contribution is -0.134. The normalized spacial score (nSPS) is 16.1. The maximum Gasteiger partial charge on any atom is 0.223 e. The summed E-state index contributed by atoms with van der Waals surface area (Å²) < 4.78 is 0. The number of pyridine rings is 1. The molecule has 4 nitrogen and oxygen atoms in total. The minimum Gasteiger partial charge on any atom is -0.340 e. The molecule has 1 aliphatic heterocycles. The molecule has 0 unspecified atom stereocenters. The van der Waals surface area contributed by atoms with Crippen molar-refractivity contribution in [3.63, 3.8) is 0 Å². The maximum absolute atomic E-state index is 12.5. The summed E-state index contributed by atoms with van der Waals surface area (Å²) >= 11 is 0. The number of aromatic nitrogens is 1. The average Bonchev–Trinajstić information content (AvgIpc) is 2.52. The van der Waals surface area contributed by atoms with E-state index in [9.17, 15) is 4.79 Å². The van der Waals surface area contributed by atoms with Gasteiger partial charge in [0.05, 0.1) is 0 Å². The van der Waals surface area contributed by atoms with Gasteiger partial charge in [0.15, 0.2) is 0 Å². The molecule has 0 aromatic carbocycles. The second-order valence-corrected chi connectivity index (χ2v) is 5.39. The van der Waals surface area contributed by atoms with Crippen molar-refractivity contribution in [3.8, 4) is 0 Å². The van der Waals surface area contributed by atoms with Gasteiger partial charge in [0, 0.05) is 30.9 Å². The van der Waals surface area contributed by atoms with Gasteiger partial charge in [-0.2, -0.15) is 0 Å². The van der Waals surface area contributed by atoms with Gasteiger partial charge in [0.1, 0.15) is 0 Å². The number of hydrogen-bond donors (Lipinski definition) is 1. The predicted molar refractivity (Wildman–Crippen MR) is 80.5 cm³/mol. The number of amides is 1. The molecule has 1 aromatic heterocycles. The number of piperidine rings is 1. The zero-order valence-electron chi connectivity index (χ0n) is 12.3. The Kier molecular flexibility index (Phi) is 5.99. The molecule has 1 N–H and O–H groups in total. The molecule has 20 heavy (non-hydrogen) atoms. The van der Waals surface area contributed by atoms with Crippen LogP contribution in [0.4, 0.5) is 0 Å². The third-order valence-electron chi connectivity index (χ3n) is 3.86. The Labute approximate surface area is 121 Å². The molecule has 0 saturated carbocycles. The van der Waals surface area contributed by atoms with Crippen LogP contribution in [0.5, 0.6) is 0 Å². The summed E-state index contributed by atoms with van der Waals surface area (Å²) in [5, 5.41) is 3.36. The highest BCUT2D eigenvalue weighted by Gasteiger charge is 2.24. The quantitative estimate of drug-likeness (QED) is 0.863. The van der Waals surface area contributed by atoms with Gasteiger partial charge in [-0.05, 0) is 50.9 Å². The van der Waals surface area contributed by atoms with E-state index >= 15 is 0 Å². The van der Waals surface area contributed by atoms with Crippen LogP contribution in [0.1, 0.15) is 38.3 Å². The predicted octanol–water partition coefficient (Wildman–Crippen LogP) is 2.00. The molecular formula is C16H25N3O. The number of nitrogens with one attached hydrogen (secondary N) is 1. The third kappa shape index (κ3) is 4.30. The minimum absolute atomic E-state index is 0.282. The van der Waals surface area contributed by atoms with Crippen molar-refractivity contribution in [2.45, 2.75) is 45.1 Å².